The molecule has 2 aromatic rings. The van der Waals surface area contributed by atoms with E-state index in [4.69, 9.17) is 14.2 Å². The topological polar surface area (TPSA) is 73.9 Å². The molecule has 0 aliphatic heterocycles. The van der Waals surface area contributed by atoms with Gasteiger partial charge in [-0.15, -0.1) is 0 Å². The number of esters is 1. The van der Waals surface area contributed by atoms with Crippen LogP contribution in [0.1, 0.15) is 12.5 Å². The van der Waals surface area contributed by atoms with Crippen molar-refractivity contribution in [1.82, 2.24) is 0 Å². The van der Waals surface area contributed by atoms with Gasteiger partial charge in [0, 0.05) is 12.1 Å². The van der Waals surface area contributed by atoms with Crippen molar-refractivity contribution in [3.05, 3.63) is 59.4 Å². The molecule has 2 rings (SSSR count). The summed E-state index contributed by atoms with van der Waals surface area (Å²) in [6.45, 7) is 1.24. The molecule has 0 saturated heterocycles. The molecule has 9 heteroatoms. The van der Waals surface area contributed by atoms with Gasteiger partial charge in [-0.05, 0) is 42.8 Å². The standard InChI is InChI=1S/C20H18F3NO5/c1-11(20(26)24-16-6-5-15(21)18(22)19(16)23)29-17(25)7-4-12-8-13(27-2)10-14(9-12)28-3/h4-11H,1-3H3,(H,24,26)/b7-4+/t11-/m1/s1. The summed E-state index contributed by atoms with van der Waals surface area (Å²) in [5.41, 5.74) is 0.00919. The molecule has 0 bridgehead atoms. The van der Waals surface area contributed by atoms with Crippen molar-refractivity contribution in [3.8, 4) is 11.5 Å². The zero-order valence-electron chi connectivity index (χ0n) is 15.8. The first kappa shape index (κ1) is 21.8. The van der Waals surface area contributed by atoms with E-state index in [2.05, 4.69) is 0 Å². The van der Waals surface area contributed by atoms with Crippen LogP contribution in [0, 0.1) is 17.5 Å². The normalized spacial score (nSPS) is 11.8. The van der Waals surface area contributed by atoms with Crippen LogP contribution < -0.4 is 14.8 Å². The maximum absolute atomic E-state index is 13.6. The number of methoxy groups -OCH3 is 2. The number of benzene rings is 2. The summed E-state index contributed by atoms with van der Waals surface area (Å²) in [7, 11) is 2.96. The number of halogens is 3. The molecule has 0 spiro atoms. The van der Waals surface area contributed by atoms with Crippen LogP contribution >= 0.6 is 0 Å². The molecule has 0 aromatic heterocycles. The van der Waals surface area contributed by atoms with Crippen LogP contribution in [0.25, 0.3) is 6.08 Å². The van der Waals surface area contributed by atoms with Crippen molar-refractivity contribution in [1.29, 1.82) is 0 Å². The van der Waals surface area contributed by atoms with Gasteiger partial charge in [0.05, 0.1) is 19.9 Å². The number of anilines is 1. The number of rotatable bonds is 7. The molecule has 0 aliphatic carbocycles. The number of amides is 1. The Bertz CT molecular complexity index is 924. The minimum absolute atomic E-state index is 0.513. The third-order valence-corrected chi connectivity index (χ3v) is 3.74. The number of hydrogen-bond acceptors (Lipinski definition) is 5. The Morgan fingerprint density at radius 2 is 1.62 bits per heavy atom. The quantitative estimate of drug-likeness (QED) is 0.429. The van der Waals surface area contributed by atoms with Crippen molar-refractivity contribution < 1.29 is 37.0 Å². The Hall–Kier alpha value is -3.49. The van der Waals surface area contributed by atoms with E-state index >= 15 is 0 Å². The lowest BCUT2D eigenvalue weighted by atomic mass is 10.2. The lowest BCUT2D eigenvalue weighted by Gasteiger charge is -2.13. The van der Waals surface area contributed by atoms with Gasteiger partial charge in [0.1, 0.15) is 11.5 Å². The zero-order chi connectivity index (χ0) is 21.6. The summed E-state index contributed by atoms with van der Waals surface area (Å²) in [5, 5.41) is 2.03. The smallest absolute Gasteiger partial charge is 0.331 e. The second kappa shape index (κ2) is 9.63. The van der Waals surface area contributed by atoms with E-state index in [1.54, 1.807) is 18.2 Å². The van der Waals surface area contributed by atoms with E-state index in [0.29, 0.717) is 23.1 Å². The second-order valence-electron chi connectivity index (χ2n) is 5.77. The number of nitrogens with one attached hydrogen (secondary N) is 1. The molecule has 0 unspecified atom stereocenters. The van der Waals surface area contributed by atoms with Gasteiger partial charge in [-0.2, -0.15) is 0 Å². The summed E-state index contributed by atoms with van der Waals surface area (Å²) in [6.07, 6.45) is 1.18. The van der Waals surface area contributed by atoms with Gasteiger partial charge in [-0.25, -0.2) is 18.0 Å². The first-order valence-corrected chi connectivity index (χ1v) is 8.31. The molecular weight excluding hydrogens is 391 g/mol. The lowest BCUT2D eigenvalue weighted by Crippen LogP contribution is -2.29. The van der Waals surface area contributed by atoms with Gasteiger partial charge < -0.3 is 19.5 Å². The van der Waals surface area contributed by atoms with E-state index < -0.39 is 41.1 Å². The Kier molecular flexibility index (Phi) is 7.24. The van der Waals surface area contributed by atoms with Crippen molar-refractivity contribution >= 4 is 23.6 Å². The minimum atomic E-state index is -1.72. The van der Waals surface area contributed by atoms with Gasteiger partial charge >= 0.3 is 5.97 Å². The SMILES string of the molecule is COc1cc(/C=C/C(=O)O[C@H](C)C(=O)Nc2ccc(F)c(F)c2F)cc(OC)c1. The monoisotopic (exact) mass is 409 g/mol. The summed E-state index contributed by atoms with van der Waals surface area (Å²) >= 11 is 0. The second-order valence-corrected chi connectivity index (χ2v) is 5.77. The Morgan fingerprint density at radius 1 is 1.00 bits per heavy atom. The van der Waals surface area contributed by atoms with Crippen LogP contribution in [0.5, 0.6) is 11.5 Å². The Labute approximate surface area is 164 Å². The average molecular weight is 409 g/mol. The molecule has 1 N–H and O–H groups in total. The Morgan fingerprint density at radius 3 is 2.21 bits per heavy atom. The average Bonchev–Trinajstić information content (AvgIpc) is 2.72. The first-order valence-electron chi connectivity index (χ1n) is 8.31. The summed E-state index contributed by atoms with van der Waals surface area (Å²) in [6, 6.07) is 6.47. The highest BCUT2D eigenvalue weighted by Crippen LogP contribution is 2.23. The van der Waals surface area contributed by atoms with Gasteiger partial charge in [0.25, 0.3) is 5.91 Å². The molecule has 0 aliphatic rings. The fourth-order valence-electron chi connectivity index (χ4n) is 2.21. The highest BCUT2D eigenvalue weighted by atomic mass is 19.2. The summed E-state index contributed by atoms with van der Waals surface area (Å²) in [5.74, 6) is -5.40. The molecule has 0 radical (unpaired) electrons. The van der Waals surface area contributed by atoms with Crippen LogP contribution in [0.3, 0.4) is 0 Å². The third kappa shape index (κ3) is 5.74. The molecule has 29 heavy (non-hydrogen) atoms. The van der Waals surface area contributed by atoms with Gasteiger partial charge in [0.15, 0.2) is 23.6 Å². The lowest BCUT2D eigenvalue weighted by molar-refractivity contribution is -0.148. The van der Waals surface area contributed by atoms with Crippen LogP contribution in [-0.2, 0) is 14.3 Å². The molecule has 0 saturated carbocycles. The molecule has 2 aromatic carbocycles. The number of carbonyl (C=O) groups is 2. The molecule has 0 heterocycles. The predicted octanol–water partition coefficient (Wildman–Crippen LogP) is 3.70. The molecule has 154 valence electrons. The fourth-order valence-corrected chi connectivity index (χ4v) is 2.21. The van der Waals surface area contributed by atoms with Crippen molar-refractivity contribution in [3.63, 3.8) is 0 Å². The van der Waals surface area contributed by atoms with E-state index in [1.807, 2.05) is 5.32 Å². The van der Waals surface area contributed by atoms with Crippen LogP contribution in [0.4, 0.5) is 18.9 Å². The third-order valence-electron chi connectivity index (χ3n) is 3.74. The van der Waals surface area contributed by atoms with Crippen molar-refractivity contribution in [2.24, 2.45) is 0 Å². The summed E-state index contributed by atoms with van der Waals surface area (Å²) in [4.78, 5) is 23.9. The van der Waals surface area contributed by atoms with E-state index in [1.165, 1.54) is 27.2 Å². The van der Waals surface area contributed by atoms with E-state index in [0.717, 1.165) is 12.1 Å². The van der Waals surface area contributed by atoms with Crippen molar-refractivity contribution in [2.45, 2.75) is 13.0 Å². The molecular formula is C20H18F3NO5. The summed E-state index contributed by atoms with van der Waals surface area (Å²) < 4.78 is 54.9. The van der Waals surface area contributed by atoms with Crippen LogP contribution in [0.2, 0.25) is 0 Å². The fraction of sp³-hybridized carbons (Fsp3) is 0.200. The molecule has 1 atom stereocenters. The highest BCUT2D eigenvalue weighted by molar-refractivity contribution is 5.96. The molecule has 0 fully saturated rings. The number of ether oxygens (including phenoxy) is 3. The predicted molar refractivity (Wildman–Crippen MR) is 99.1 cm³/mol. The molecule has 1 amide bonds. The first-order chi connectivity index (χ1) is 13.7. The maximum Gasteiger partial charge on any atom is 0.331 e. The van der Waals surface area contributed by atoms with Crippen LogP contribution in [-0.4, -0.2) is 32.2 Å². The maximum atomic E-state index is 13.6. The van der Waals surface area contributed by atoms with E-state index in [9.17, 15) is 22.8 Å². The van der Waals surface area contributed by atoms with Crippen molar-refractivity contribution in [2.75, 3.05) is 19.5 Å². The largest absolute Gasteiger partial charge is 0.497 e. The van der Waals surface area contributed by atoms with Crippen LogP contribution in [0.15, 0.2) is 36.4 Å². The van der Waals surface area contributed by atoms with Gasteiger partial charge in [0.2, 0.25) is 0 Å². The Balaban J connectivity index is 2.00. The van der Waals surface area contributed by atoms with Gasteiger partial charge in [-0.3, -0.25) is 4.79 Å². The van der Waals surface area contributed by atoms with E-state index in [-0.39, 0.29) is 0 Å². The number of hydrogen-bond donors (Lipinski definition) is 1. The highest BCUT2D eigenvalue weighted by Gasteiger charge is 2.20. The molecule has 6 nitrogen and oxygen atoms in total. The minimum Gasteiger partial charge on any atom is -0.497 e. The van der Waals surface area contributed by atoms with Gasteiger partial charge in [-0.1, -0.05) is 0 Å². The number of carbonyl (C=O) groups excluding carboxylic acids is 2. The zero-order valence-corrected chi connectivity index (χ0v) is 15.8.